The molecule has 0 bridgehead atoms. The first kappa shape index (κ1) is 36.9. The fourth-order valence-electron chi connectivity index (χ4n) is 6.16. The Bertz CT molecular complexity index is 1750. The van der Waals surface area contributed by atoms with Gasteiger partial charge >= 0.3 is 5.97 Å². The smallest absolute Gasteiger partial charge is 0.303 e. The topological polar surface area (TPSA) is 253 Å². The summed E-state index contributed by atoms with van der Waals surface area (Å²) in [6.45, 7) is 3.94. The minimum atomic E-state index is -1.64. The number of carbonyl (C=O) groups excluding carboxylic acids is 1. The fourth-order valence-corrected chi connectivity index (χ4v) is 6.16. The van der Waals surface area contributed by atoms with Crippen molar-refractivity contribution in [1.29, 1.82) is 0 Å². The number of hydrogen-bond donors (Lipinski definition) is 7. The number of fused-ring (bicyclic) bond motifs is 1. The lowest BCUT2D eigenvalue weighted by molar-refractivity contribution is -0.314. The highest BCUT2D eigenvalue weighted by Crippen LogP contribution is 2.37. The van der Waals surface area contributed by atoms with E-state index in [-0.39, 0.29) is 47.0 Å². The molecule has 0 saturated carbocycles. The molecule has 3 saturated heterocycles. The number of aliphatic hydroxyl groups excluding tert-OH is 6. The van der Waals surface area contributed by atoms with Crippen LogP contribution in [0.15, 0.2) is 51.7 Å². The first-order valence-corrected chi connectivity index (χ1v) is 16.3. The summed E-state index contributed by atoms with van der Waals surface area (Å²) in [4.78, 5) is 26.1. The summed E-state index contributed by atoms with van der Waals surface area (Å²) in [5.41, 5.74) is -0.276. The predicted molar refractivity (Wildman–Crippen MR) is 170 cm³/mol. The van der Waals surface area contributed by atoms with E-state index >= 15 is 0 Å². The Kier molecular flexibility index (Phi) is 10.9. The Morgan fingerprint density at radius 2 is 1.53 bits per heavy atom. The number of ether oxygens (including phenoxy) is 7. The molecule has 6 rings (SSSR count). The minimum Gasteiger partial charge on any atom is -0.508 e. The standard InChI is InChI=1S/C34H40O17/c1-13-24(38)27(41)29(43)34(46-13)48-18-8-9-19-21(10-18)49-31(16-4-6-17(36)7-5-16)32(25(19)39)51-23-11-22(30(14(2)45-23)47-15(3)35)50-33-28(42)26(40)20(37)12-44-33/h4-10,13-14,20,22-24,26-30,33-34,36-38,40-43H,11-12H2,1-3H3/t13-,14-,20+,22-,23-,24-,26-,27+,28+,29+,30-,33+,34-/m0/s1. The lowest BCUT2D eigenvalue weighted by Crippen LogP contribution is -2.58. The molecule has 3 aliphatic heterocycles. The van der Waals surface area contributed by atoms with E-state index in [1.165, 1.54) is 56.3 Å². The van der Waals surface area contributed by atoms with Crippen molar-refractivity contribution in [3.8, 4) is 28.6 Å². The molecule has 51 heavy (non-hydrogen) atoms. The molecule has 17 heteroatoms. The summed E-state index contributed by atoms with van der Waals surface area (Å²) in [5, 5.41) is 71.1. The second-order valence-corrected chi connectivity index (χ2v) is 12.7. The second kappa shape index (κ2) is 15.0. The van der Waals surface area contributed by atoms with Gasteiger partial charge in [-0.3, -0.25) is 9.59 Å². The SMILES string of the molecule is CC(=O)O[C@H]1[C@H](C)O[C@@H](Oc2c(-c3ccc(O)cc3)oc3cc(O[C@@H]4O[C@@H](C)[C@H](O)[C@@H](O)[C@H]4O)ccc3c2=O)C[C@@H]1O[C@H]1OC[C@@H](O)[C@H](O)[C@H]1O. The van der Waals surface area contributed by atoms with Crippen LogP contribution in [-0.4, -0.2) is 128 Å². The highest BCUT2D eigenvalue weighted by atomic mass is 16.7. The highest BCUT2D eigenvalue weighted by Gasteiger charge is 2.46. The number of hydrogen-bond acceptors (Lipinski definition) is 17. The van der Waals surface area contributed by atoms with Crippen molar-refractivity contribution in [2.24, 2.45) is 0 Å². The van der Waals surface area contributed by atoms with E-state index in [2.05, 4.69) is 0 Å². The Morgan fingerprint density at radius 3 is 2.24 bits per heavy atom. The largest absolute Gasteiger partial charge is 0.508 e. The van der Waals surface area contributed by atoms with E-state index in [1.54, 1.807) is 6.92 Å². The van der Waals surface area contributed by atoms with Crippen molar-refractivity contribution in [1.82, 2.24) is 0 Å². The van der Waals surface area contributed by atoms with Gasteiger partial charge < -0.3 is 73.3 Å². The molecule has 3 aromatic rings. The summed E-state index contributed by atoms with van der Waals surface area (Å²) in [7, 11) is 0. The van der Waals surface area contributed by atoms with Crippen molar-refractivity contribution in [3.63, 3.8) is 0 Å². The fraction of sp³-hybridized carbons (Fsp3) is 0.529. The van der Waals surface area contributed by atoms with Gasteiger partial charge in [0.15, 0.2) is 18.2 Å². The van der Waals surface area contributed by atoms with Crippen molar-refractivity contribution in [3.05, 3.63) is 52.7 Å². The quantitative estimate of drug-likeness (QED) is 0.147. The molecule has 4 heterocycles. The van der Waals surface area contributed by atoms with Crippen LogP contribution in [0.3, 0.4) is 0 Å². The average molecular weight is 721 g/mol. The van der Waals surface area contributed by atoms with Crippen molar-refractivity contribution in [2.75, 3.05) is 6.61 Å². The summed E-state index contributed by atoms with van der Waals surface area (Å²) in [5.74, 6) is -0.956. The van der Waals surface area contributed by atoms with Gasteiger partial charge in [-0.2, -0.15) is 0 Å². The number of phenols is 1. The van der Waals surface area contributed by atoms with Gasteiger partial charge in [0, 0.05) is 25.0 Å². The maximum atomic E-state index is 14.1. The lowest BCUT2D eigenvalue weighted by Gasteiger charge is -2.42. The van der Waals surface area contributed by atoms with Gasteiger partial charge in [0.05, 0.1) is 24.2 Å². The molecular formula is C34H40O17. The van der Waals surface area contributed by atoms with Crippen LogP contribution in [0, 0.1) is 0 Å². The van der Waals surface area contributed by atoms with Gasteiger partial charge in [0.25, 0.3) is 0 Å². The summed E-state index contributed by atoms with van der Waals surface area (Å²) in [6, 6.07) is 9.90. The van der Waals surface area contributed by atoms with Crippen molar-refractivity contribution in [2.45, 2.75) is 107 Å². The number of aromatic hydroxyl groups is 1. The Labute approximate surface area is 290 Å². The van der Waals surface area contributed by atoms with Crippen molar-refractivity contribution < 1.29 is 78.1 Å². The number of phenolic OH excluding ortho intramolecular Hbond substituents is 1. The molecule has 17 nitrogen and oxygen atoms in total. The molecular weight excluding hydrogens is 680 g/mol. The van der Waals surface area contributed by atoms with Crippen LogP contribution >= 0.6 is 0 Å². The Morgan fingerprint density at radius 1 is 0.824 bits per heavy atom. The summed E-state index contributed by atoms with van der Waals surface area (Å²) >= 11 is 0. The minimum absolute atomic E-state index is 0.0325. The lowest BCUT2D eigenvalue weighted by atomic mass is 10.00. The van der Waals surface area contributed by atoms with Gasteiger partial charge in [-0.15, -0.1) is 0 Å². The third-order valence-corrected chi connectivity index (χ3v) is 8.95. The predicted octanol–water partition coefficient (Wildman–Crippen LogP) is -0.358. The van der Waals surface area contributed by atoms with Gasteiger partial charge in [0.2, 0.25) is 23.8 Å². The van der Waals surface area contributed by atoms with E-state index in [9.17, 15) is 45.3 Å². The average Bonchev–Trinajstić information content (AvgIpc) is 3.09. The van der Waals surface area contributed by atoms with Gasteiger partial charge in [0.1, 0.15) is 59.8 Å². The van der Waals surface area contributed by atoms with E-state index in [1.807, 2.05) is 0 Å². The Hall–Kier alpha value is -3.88. The maximum Gasteiger partial charge on any atom is 0.303 e. The number of benzene rings is 2. The van der Waals surface area contributed by atoms with E-state index in [0.717, 1.165) is 0 Å². The summed E-state index contributed by atoms with van der Waals surface area (Å²) in [6.07, 6.45) is -17.0. The first-order valence-electron chi connectivity index (χ1n) is 16.3. The van der Waals surface area contributed by atoms with Crippen LogP contribution in [0.4, 0.5) is 0 Å². The second-order valence-electron chi connectivity index (χ2n) is 12.7. The van der Waals surface area contributed by atoms with Crippen LogP contribution in [0.5, 0.6) is 17.2 Å². The monoisotopic (exact) mass is 720 g/mol. The van der Waals surface area contributed by atoms with Crippen LogP contribution in [0.1, 0.15) is 27.2 Å². The molecule has 0 spiro atoms. The first-order chi connectivity index (χ1) is 24.2. The molecule has 2 aromatic carbocycles. The van der Waals surface area contributed by atoms with Gasteiger partial charge in [-0.25, -0.2) is 0 Å². The molecule has 7 N–H and O–H groups in total. The molecule has 0 amide bonds. The molecule has 0 radical (unpaired) electrons. The van der Waals surface area contributed by atoms with Crippen LogP contribution in [-0.2, 0) is 28.5 Å². The zero-order valence-electron chi connectivity index (χ0n) is 27.7. The molecule has 13 atom stereocenters. The number of esters is 1. The zero-order valence-corrected chi connectivity index (χ0v) is 27.7. The molecule has 3 aliphatic rings. The summed E-state index contributed by atoms with van der Waals surface area (Å²) < 4.78 is 46.5. The molecule has 278 valence electrons. The van der Waals surface area contributed by atoms with E-state index in [0.29, 0.717) is 5.56 Å². The van der Waals surface area contributed by atoms with Crippen molar-refractivity contribution >= 4 is 16.9 Å². The molecule has 1 aromatic heterocycles. The molecule has 0 aliphatic carbocycles. The number of rotatable bonds is 8. The third kappa shape index (κ3) is 7.68. The van der Waals surface area contributed by atoms with Crippen LogP contribution < -0.4 is 14.9 Å². The normalized spacial score (nSPS) is 35.7. The molecule has 0 unspecified atom stereocenters. The Balaban J connectivity index is 1.32. The number of carbonyl (C=O) groups is 1. The van der Waals surface area contributed by atoms with Gasteiger partial charge in [-0.1, -0.05) is 0 Å². The molecule has 3 fully saturated rings. The highest BCUT2D eigenvalue weighted by molar-refractivity contribution is 5.83. The zero-order chi connectivity index (χ0) is 36.7. The van der Waals surface area contributed by atoms with Crippen LogP contribution in [0.2, 0.25) is 0 Å². The third-order valence-electron chi connectivity index (χ3n) is 8.95. The maximum absolute atomic E-state index is 14.1. The van der Waals surface area contributed by atoms with E-state index in [4.69, 9.17) is 37.6 Å². The van der Waals surface area contributed by atoms with Crippen LogP contribution in [0.25, 0.3) is 22.3 Å². The van der Waals surface area contributed by atoms with Gasteiger partial charge in [-0.05, 0) is 50.2 Å². The van der Waals surface area contributed by atoms with E-state index < -0.39 is 91.3 Å². The number of aliphatic hydroxyl groups is 6.